The molecule has 2 heterocycles. The van der Waals surface area contributed by atoms with E-state index in [2.05, 4.69) is 5.32 Å². The number of halogens is 1. The van der Waals surface area contributed by atoms with E-state index in [4.69, 9.17) is 15.2 Å². The number of carbonyl (C=O) groups excluding carboxylic acids is 1. The van der Waals surface area contributed by atoms with Gasteiger partial charge in [-0.1, -0.05) is 0 Å². The van der Waals surface area contributed by atoms with Crippen molar-refractivity contribution in [1.82, 2.24) is 4.31 Å². The highest BCUT2D eigenvalue weighted by atomic mass is 35.5. The number of sulfonamides is 1. The summed E-state index contributed by atoms with van der Waals surface area (Å²) in [6, 6.07) is 2.68. The Bertz CT molecular complexity index is 740. The van der Waals surface area contributed by atoms with Crippen LogP contribution in [-0.2, 0) is 14.8 Å². The predicted molar refractivity (Wildman–Crippen MR) is 90.3 cm³/mol. The van der Waals surface area contributed by atoms with Crippen LogP contribution < -0.4 is 20.5 Å². The maximum atomic E-state index is 12.9. The molecule has 3 N–H and O–H groups in total. The van der Waals surface area contributed by atoms with Crippen LogP contribution in [0.25, 0.3) is 0 Å². The molecule has 0 saturated carbocycles. The lowest BCUT2D eigenvalue weighted by Gasteiger charge is -2.30. The van der Waals surface area contributed by atoms with E-state index in [0.29, 0.717) is 18.0 Å². The van der Waals surface area contributed by atoms with Gasteiger partial charge < -0.3 is 20.5 Å². The van der Waals surface area contributed by atoms with Crippen molar-refractivity contribution in [2.75, 3.05) is 32.1 Å². The van der Waals surface area contributed by atoms with E-state index in [0.717, 1.165) is 12.8 Å². The Labute approximate surface area is 146 Å². The second kappa shape index (κ2) is 7.14. The summed E-state index contributed by atoms with van der Waals surface area (Å²) in [6.07, 6.45) is 1.53. The molecule has 2 aliphatic rings. The highest BCUT2D eigenvalue weighted by molar-refractivity contribution is 7.89. The second-order valence-corrected chi connectivity index (χ2v) is 7.51. The van der Waals surface area contributed by atoms with E-state index in [1.54, 1.807) is 0 Å². The molecule has 3 rings (SSSR count). The Balaban J connectivity index is 0.00000208. The zero-order chi connectivity index (χ0) is 16.6. The second-order valence-electron chi connectivity index (χ2n) is 5.60. The lowest BCUT2D eigenvalue weighted by atomic mass is 10.1. The number of methoxy groups -OCH3 is 1. The fraction of sp³-hybridized carbons (Fsp3) is 0.500. The average Bonchev–Trinajstić information content (AvgIpc) is 2.53. The van der Waals surface area contributed by atoms with Gasteiger partial charge in [0.25, 0.3) is 5.91 Å². The third kappa shape index (κ3) is 3.44. The lowest BCUT2D eigenvalue weighted by Crippen LogP contribution is -2.45. The van der Waals surface area contributed by atoms with Gasteiger partial charge in [0.1, 0.15) is 16.4 Å². The van der Waals surface area contributed by atoms with Crippen LogP contribution in [0.5, 0.6) is 11.5 Å². The summed E-state index contributed by atoms with van der Waals surface area (Å²) in [7, 11) is -2.37. The Morgan fingerprint density at radius 3 is 2.83 bits per heavy atom. The third-order valence-electron chi connectivity index (χ3n) is 3.94. The van der Waals surface area contributed by atoms with Crippen LogP contribution in [-0.4, -0.2) is 51.5 Å². The molecule has 0 radical (unpaired) electrons. The van der Waals surface area contributed by atoms with Crippen molar-refractivity contribution >= 4 is 34.0 Å². The lowest BCUT2D eigenvalue weighted by molar-refractivity contribution is -0.118. The maximum absolute atomic E-state index is 12.9. The number of nitrogens with one attached hydrogen (secondary N) is 1. The van der Waals surface area contributed by atoms with E-state index < -0.39 is 10.0 Å². The zero-order valence-electron chi connectivity index (χ0n) is 13.1. The zero-order valence-corrected chi connectivity index (χ0v) is 14.8. The molecule has 0 aromatic heterocycles. The van der Waals surface area contributed by atoms with Crippen molar-refractivity contribution in [3.05, 3.63) is 12.1 Å². The van der Waals surface area contributed by atoms with Crippen LogP contribution >= 0.6 is 12.4 Å². The number of ether oxygens (including phenoxy) is 2. The molecule has 24 heavy (non-hydrogen) atoms. The first-order valence-corrected chi connectivity index (χ1v) is 8.76. The minimum absolute atomic E-state index is 0. The molecule has 10 heteroatoms. The highest BCUT2D eigenvalue weighted by Gasteiger charge is 2.33. The molecule has 1 aromatic rings. The summed E-state index contributed by atoms with van der Waals surface area (Å²) in [5.74, 6) is 0.177. The van der Waals surface area contributed by atoms with Gasteiger partial charge in [0.05, 0.1) is 12.8 Å². The SMILES string of the molecule is COc1cc2c(cc1S(=O)(=O)N1CCCC(N)C1)OCC(=O)N2.Cl. The molecule has 0 bridgehead atoms. The van der Waals surface area contributed by atoms with Crippen LogP contribution in [0.1, 0.15) is 12.8 Å². The topological polar surface area (TPSA) is 111 Å². The monoisotopic (exact) mass is 377 g/mol. The number of nitrogens with two attached hydrogens (primary N) is 1. The number of hydrogen-bond acceptors (Lipinski definition) is 6. The minimum atomic E-state index is -3.75. The standard InChI is InChI=1S/C14H19N3O5S.ClH/c1-21-12-5-10-11(22-8-14(18)16-10)6-13(12)23(19,20)17-4-2-3-9(15)7-17;/h5-6,9H,2-4,7-8,15H2,1H3,(H,16,18);1H. The maximum Gasteiger partial charge on any atom is 0.262 e. The quantitative estimate of drug-likeness (QED) is 0.796. The fourth-order valence-electron chi connectivity index (χ4n) is 2.78. The summed E-state index contributed by atoms with van der Waals surface area (Å²) in [4.78, 5) is 11.4. The molecule has 134 valence electrons. The number of piperidine rings is 1. The number of rotatable bonds is 3. The molecule has 1 amide bonds. The first-order valence-electron chi connectivity index (χ1n) is 7.32. The summed E-state index contributed by atoms with van der Waals surface area (Å²) >= 11 is 0. The van der Waals surface area contributed by atoms with Gasteiger partial charge in [-0.3, -0.25) is 4.79 Å². The van der Waals surface area contributed by atoms with Gasteiger partial charge in [-0.15, -0.1) is 12.4 Å². The van der Waals surface area contributed by atoms with Gasteiger partial charge in [0.15, 0.2) is 6.61 Å². The number of benzene rings is 1. The molecule has 1 unspecified atom stereocenters. The van der Waals surface area contributed by atoms with Crippen molar-refractivity contribution in [3.63, 3.8) is 0 Å². The van der Waals surface area contributed by atoms with Gasteiger partial charge in [-0.05, 0) is 12.8 Å². The van der Waals surface area contributed by atoms with Crippen LogP contribution in [0.3, 0.4) is 0 Å². The Morgan fingerprint density at radius 2 is 2.17 bits per heavy atom. The Kier molecular flexibility index (Phi) is 5.59. The first kappa shape index (κ1) is 18.8. The van der Waals surface area contributed by atoms with E-state index >= 15 is 0 Å². The van der Waals surface area contributed by atoms with E-state index in [9.17, 15) is 13.2 Å². The van der Waals surface area contributed by atoms with Crippen molar-refractivity contribution in [2.24, 2.45) is 5.73 Å². The van der Waals surface area contributed by atoms with Crippen molar-refractivity contribution in [2.45, 2.75) is 23.8 Å². The predicted octanol–water partition coefficient (Wildman–Crippen LogP) is 0.560. The van der Waals surface area contributed by atoms with Crippen molar-refractivity contribution in [1.29, 1.82) is 0 Å². The Hall–Kier alpha value is -1.55. The molecule has 1 atom stereocenters. The van der Waals surface area contributed by atoms with Crippen molar-refractivity contribution < 1.29 is 22.7 Å². The van der Waals surface area contributed by atoms with Crippen LogP contribution in [0, 0.1) is 0 Å². The molecule has 1 fully saturated rings. The third-order valence-corrected chi connectivity index (χ3v) is 5.82. The normalized spacial score (nSPS) is 21.1. The molecule has 0 spiro atoms. The minimum Gasteiger partial charge on any atom is -0.495 e. The number of hydrogen-bond donors (Lipinski definition) is 2. The molecular weight excluding hydrogens is 358 g/mol. The summed E-state index contributed by atoms with van der Waals surface area (Å²) in [5.41, 5.74) is 6.28. The highest BCUT2D eigenvalue weighted by Crippen LogP contribution is 2.38. The van der Waals surface area contributed by atoms with Gasteiger partial charge >= 0.3 is 0 Å². The summed E-state index contributed by atoms with van der Waals surface area (Å²) in [6.45, 7) is 0.557. The molecule has 1 aromatic carbocycles. The van der Waals surface area contributed by atoms with Gasteiger partial charge in [0, 0.05) is 31.3 Å². The van der Waals surface area contributed by atoms with Crippen LogP contribution in [0.2, 0.25) is 0 Å². The van der Waals surface area contributed by atoms with Gasteiger partial charge in [-0.2, -0.15) is 4.31 Å². The van der Waals surface area contributed by atoms with E-state index in [1.807, 2.05) is 0 Å². The number of anilines is 1. The summed E-state index contributed by atoms with van der Waals surface area (Å²) < 4.78 is 37.7. The van der Waals surface area contributed by atoms with Crippen molar-refractivity contribution in [3.8, 4) is 11.5 Å². The number of fused-ring (bicyclic) bond motifs is 1. The largest absolute Gasteiger partial charge is 0.495 e. The molecule has 0 aliphatic carbocycles. The van der Waals surface area contributed by atoms with E-state index in [1.165, 1.54) is 23.5 Å². The summed E-state index contributed by atoms with van der Waals surface area (Å²) in [5, 5.41) is 2.63. The molecule has 1 saturated heterocycles. The van der Waals surface area contributed by atoms with Gasteiger partial charge in [0.2, 0.25) is 10.0 Å². The molecular formula is C14H20ClN3O5S. The Morgan fingerprint density at radius 1 is 1.42 bits per heavy atom. The number of carbonyl (C=O) groups is 1. The van der Waals surface area contributed by atoms with Gasteiger partial charge in [-0.25, -0.2) is 8.42 Å². The first-order chi connectivity index (χ1) is 10.9. The van der Waals surface area contributed by atoms with E-state index in [-0.39, 0.29) is 48.2 Å². The fourth-order valence-corrected chi connectivity index (χ4v) is 4.47. The van der Waals surface area contributed by atoms with Crippen LogP contribution in [0.4, 0.5) is 5.69 Å². The number of nitrogens with zero attached hydrogens (tertiary/aromatic N) is 1. The average molecular weight is 378 g/mol. The number of amides is 1. The molecule has 8 nitrogen and oxygen atoms in total. The van der Waals surface area contributed by atoms with Crippen LogP contribution in [0.15, 0.2) is 17.0 Å². The smallest absolute Gasteiger partial charge is 0.262 e. The molecule has 2 aliphatic heterocycles.